The molecule has 0 aliphatic heterocycles. The van der Waals surface area contributed by atoms with Crippen molar-refractivity contribution in [3.63, 3.8) is 0 Å². The lowest BCUT2D eigenvalue weighted by Gasteiger charge is -2.11. The highest BCUT2D eigenvalue weighted by Gasteiger charge is 2.15. The van der Waals surface area contributed by atoms with Gasteiger partial charge in [-0.3, -0.25) is 0 Å². The molecule has 0 saturated heterocycles. The zero-order valence-electron chi connectivity index (χ0n) is 12.2. The SMILES string of the molecule is CC(C)c1nc2c(N)cccc2n1Cc1ccc(F)cc1. The largest absolute Gasteiger partial charge is 0.397 e. The standard InChI is InChI=1S/C17H18FN3/c1-11(2)17-20-16-14(19)4-3-5-15(16)21(17)10-12-6-8-13(18)9-7-12/h3-9,11H,10,19H2,1-2H3. The number of benzene rings is 2. The Morgan fingerprint density at radius 2 is 1.86 bits per heavy atom. The highest BCUT2D eigenvalue weighted by atomic mass is 19.1. The lowest BCUT2D eigenvalue weighted by atomic mass is 10.2. The lowest BCUT2D eigenvalue weighted by Crippen LogP contribution is -2.06. The van der Waals surface area contributed by atoms with Gasteiger partial charge in [-0.1, -0.05) is 32.0 Å². The summed E-state index contributed by atoms with van der Waals surface area (Å²) in [6, 6.07) is 12.4. The van der Waals surface area contributed by atoms with Crippen LogP contribution in [0.1, 0.15) is 31.2 Å². The smallest absolute Gasteiger partial charge is 0.123 e. The van der Waals surface area contributed by atoms with E-state index in [0.29, 0.717) is 12.2 Å². The van der Waals surface area contributed by atoms with E-state index in [2.05, 4.69) is 23.4 Å². The number of halogens is 1. The molecule has 4 heteroatoms. The Morgan fingerprint density at radius 1 is 1.14 bits per heavy atom. The number of hydrogen-bond donors (Lipinski definition) is 1. The summed E-state index contributed by atoms with van der Waals surface area (Å²) in [5, 5.41) is 0. The molecular weight excluding hydrogens is 265 g/mol. The Hall–Kier alpha value is -2.36. The Bertz CT molecular complexity index is 773. The van der Waals surface area contributed by atoms with Crippen LogP contribution in [0, 0.1) is 5.82 Å². The van der Waals surface area contributed by atoms with E-state index in [-0.39, 0.29) is 11.7 Å². The minimum Gasteiger partial charge on any atom is -0.397 e. The first-order valence-electron chi connectivity index (χ1n) is 7.05. The molecule has 3 aromatic rings. The van der Waals surface area contributed by atoms with Gasteiger partial charge in [-0.2, -0.15) is 0 Å². The maximum Gasteiger partial charge on any atom is 0.123 e. The molecule has 0 unspecified atom stereocenters. The molecule has 1 aromatic heterocycles. The molecule has 0 amide bonds. The van der Waals surface area contributed by atoms with Crippen molar-refractivity contribution >= 4 is 16.7 Å². The van der Waals surface area contributed by atoms with Crippen molar-refractivity contribution in [3.8, 4) is 0 Å². The first-order valence-corrected chi connectivity index (χ1v) is 7.05. The Kier molecular flexibility index (Phi) is 3.37. The minimum absolute atomic E-state index is 0.220. The van der Waals surface area contributed by atoms with E-state index in [1.165, 1.54) is 12.1 Å². The summed E-state index contributed by atoms with van der Waals surface area (Å²) in [5.41, 5.74) is 9.61. The first kappa shape index (κ1) is 13.6. The molecule has 0 bridgehead atoms. The molecule has 2 aromatic carbocycles. The molecule has 0 radical (unpaired) electrons. The molecule has 0 aliphatic rings. The monoisotopic (exact) mass is 283 g/mol. The molecular formula is C17H18FN3. The quantitative estimate of drug-likeness (QED) is 0.740. The van der Waals surface area contributed by atoms with Gasteiger partial charge in [0.1, 0.15) is 17.2 Å². The summed E-state index contributed by atoms with van der Waals surface area (Å²) in [6.45, 7) is 4.88. The van der Waals surface area contributed by atoms with Crippen LogP contribution in [0.2, 0.25) is 0 Å². The molecule has 0 atom stereocenters. The van der Waals surface area contributed by atoms with Crippen molar-refractivity contribution in [2.75, 3.05) is 5.73 Å². The summed E-state index contributed by atoms with van der Waals surface area (Å²) in [6.07, 6.45) is 0. The fourth-order valence-electron chi connectivity index (χ4n) is 2.57. The Morgan fingerprint density at radius 3 is 2.52 bits per heavy atom. The predicted molar refractivity (Wildman–Crippen MR) is 83.7 cm³/mol. The number of nitrogens with zero attached hydrogens (tertiary/aromatic N) is 2. The van der Waals surface area contributed by atoms with Crippen LogP contribution in [0.3, 0.4) is 0 Å². The van der Waals surface area contributed by atoms with Crippen molar-refractivity contribution < 1.29 is 4.39 Å². The van der Waals surface area contributed by atoms with Crippen LogP contribution in [0.5, 0.6) is 0 Å². The van der Waals surface area contributed by atoms with Crippen molar-refractivity contribution in [3.05, 3.63) is 59.7 Å². The van der Waals surface area contributed by atoms with E-state index in [0.717, 1.165) is 22.4 Å². The predicted octanol–water partition coefficient (Wildman–Crippen LogP) is 3.93. The van der Waals surface area contributed by atoms with Gasteiger partial charge < -0.3 is 10.3 Å². The summed E-state index contributed by atoms with van der Waals surface area (Å²) in [4.78, 5) is 4.69. The van der Waals surface area contributed by atoms with Gasteiger partial charge in [-0.25, -0.2) is 9.37 Å². The van der Waals surface area contributed by atoms with Gasteiger partial charge in [0.15, 0.2) is 0 Å². The number of hydrogen-bond acceptors (Lipinski definition) is 2. The summed E-state index contributed by atoms with van der Waals surface area (Å²) in [7, 11) is 0. The number of nitrogens with two attached hydrogens (primary N) is 1. The molecule has 3 rings (SSSR count). The van der Waals surface area contributed by atoms with Gasteiger partial charge in [0, 0.05) is 12.5 Å². The number of rotatable bonds is 3. The fourth-order valence-corrected chi connectivity index (χ4v) is 2.57. The van der Waals surface area contributed by atoms with Crippen molar-refractivity contribution in [2.45, 2.75) is 26.3 Å². The second-order valence-electron chi connectivity index (χ2n) is 5.55. The highest BCUT2D eigenvalue weighted by Crippen LogP contribution is 2.26. The van der Waals surface area contributed by atoms with Gasteiger partial charge in [0.05, 0.1) is 11.2 Å². The van der Waals surface area contributed by atoms with Crippen LogP contribution in [0.4, 0.5) is 10.1 Å². The zero-order chi connectivity index (χ0) is 15.0. The van der Waals surface area contributed by atoms with E-state index in [9.17, 15) is 4.39 Å². The van der Waals surface area contributed by atoms with E-state index >= 15 is 0 Å². The summed E-state index contributed by atoms with van der Waals surface area (Å²) < 4.78 is 15.2. The Labute approximate surface area is 123 Å². The number of imidazole rings is 1. The normalized spacial score (nSPS) is 11.4. The highest BCUT2D eigenvalue weighted by molar-refractivity contribution is 5.87. The molecule has 0 saturated carbocycles. The molecule has 0 fully saturated rings. The maximum atomic E-state index is 13.0. The molecule has 2 N–H and O–H groups in total. The zero-order valence-corrected chi connectivity index (χ0v) is 12.2. The number of para-hydroxylation sites is 1. The van der Waals surface area contributed by atoms with Gasteiger partial charge >= 0.3 is 0 Å². The molecule has 0 aliphatic carbocycles. The summed E-state index contributed by atoms with van der Waals surface area (Å²) in [5.74, 6) is 1.06. The molecule has 1 heterocycles. The van der Waals surface area contributed by atoms with Crippen LogP contribution in [0.25, 0.3) is 11.0 Å². The second-order valence-corrected chi connectivity index (χ2v) is 5.55. The number of anilines is 1. The van der Waals surface area contributed by atoms with Crippen molar-refractivity contribution in [1.29, 1.82) is 0 Å². The van der Waals surface area contributed by atoms with Gasteiger partial charge in [-0.15, -0.1) is 0 Å². The molecule has 21 heavy (non-hydrogen) atoms. The maximum absolute atomic E-state index is 13.0. The molecule has 0 spiro atoms. The third-order valence-corrected chi connectivity index (χ3v) is 3.61. The number of nitrogen functional groups attached to an aromatic ring is 1. The molecule has 3 nitrogen and oxygen atoms in total. The van der Waals surface area contributed by atoms with E-state index in [1.807, 2.05) is 18.2 Å². The topological polar surface area (TPSA) is 43.8 Å². The van der Waals surface area contributed by atoms with Crippen LogP contribution >= 0.6 is 0 Å². The fraction of sp³-hybridized carbons (Fsp3) is 0.235. The third kappa shape index (κ3) is 2.49. The van der Waals surface area contributed by atoms with E-state index in [4.69, 9.17) is 5.73 Å². The average molecular weight is 283 g/mol. The van der Waals surface area contributed by atoms with Gasteiger partial charge in [-0.05, 0) is 29.8 Å². The van der Waals surface area contributed by atoms with E-state index in [1.54, 1.807) is 12.1 Å². The van der Waals surface area contributed by atoms with Crippen LogP contribution in [0.15, 0.2) is 42.5 Å². The van der Waals surface area contributed by atoms with Gasteiger partial charge in [0.25, 0.3) is 0 Å². The first-order chi connectivity index (χ1) is 10.1. The number of aromatic nitrogens is 2. The van der Waals surface area contributed by atoms with Gasteiger partial charge in [0.2, 0.25) is 0 Å². The van der Waals surface area contributed by atoms with Crippen LogP contribution in [-0.2, 0) is 6.54 Å². The summed E-state index contributed by atoms with van der Waals surface area (Å²) >= 11 is 0. The van der Waals surface area contributed by atoms with E-state index < -0.39 is 0 Å². The minimum atomic E-state index is -0.220. The second kappa shape index (κ2) is 5.20. The van der Waals surface area contributed by atoms with Crippen molar-refractivity contribution in [2.24, 2.45) is 0 Å². The van der Waals surface area contributed by atoms with Crippen molar-refractivity contribution in [1.82, 2.24) is 9.55 Å². The lowest BCUT2D eigenvalue weighted by molar-refractivity contribution is 0.625. The van der Waals surface area contributed by atoms with Crippen LogP contribution < -0.4 is 5.73 Å². The van der Waals surface area contributed by atoms with Crippen LogP contribution in [-0.4, -0.2) is 9.55 Å². The molecule has 108 valence electrons. The average Bonchev–Trinajstić information content (AvgIpc) is 2.82. The number of fused-ring (bicyclic) bond motifs is 1. The third-order valence-electron chi connectivity index (χ3n) is 3.61. The Balaban J connectivity index is 2.13.